The smallest absolute Gasteiger partial charge is 0.0644 e. The predicted molar refractivity (Wildman–Crippen MR) is 92.8 cm³/mol. The Morgan fingerprint density at radius 2 is 1.91 bits per heavy atom. The van der Waals surface area contributed by atoms with Crippen LogP contribution in [0, 0.1) is 34.5 Å². The minimum absolute atomic E-state index is 0.223. The van der Waals surface area contributed by atoms with Gasteiger partial charge in [0.2, 0.25) is 0 Å². The Balaban J connectivity index is 1.67. The van der Waals surface area contributed by atoms with Gasteiger partial charge in [-0.1, -0.05) is 26.0 Å². The van der Waals surface area contributed by atoms with E-state index < -0.39 is 0 Å². The summed E-state index contributed by atoms with van der Waals surface area (Å²) in [5, 5.41) is 19.3. The molecule has 4 rings (SSSR count). The molecule has 23 heavy (non-hydrogen) atoms. The largest absolute Gasteiger partial charge is 0.396 e. The molecule has 2 nitrogen and oxygen atoms in total. The summed E-state index contributed by atoms with van der Waals surface area (Å²) in [6.45, 7) is 5.56. The van der Waals surface area contributed by atoms with Gasteiger partial charge in [0.25, 0.3) is 0 Å². The van der Waals surface area contributed by atoms with Gasteiger partial charge in [0.15, 0.2) is 0 Å². The van der Waals surface area contributed by atoms with Crippen LogP contribution in [0.4, 0.5) is 0 Å². The Morgan fingerprint density at radius 1 is 1.09 bits per heavy atom. The van der Waals surface area contributed by atoms with Crippen LogP contribution in [0.25, 0.3) is 0 Å². The van der Waals surface area contributed by atoms with Crippen molar-refractivity contribution < 1.29 is 10.2 Å². The van der Waals surface area contributed by atoms with Crippen molar-refractivity contribution in [2.75, 3.05) is 13.2 Å². The quantitative estimate of drug-likeness (QED) is 0.805. The monoisotopic (exact) mass is 316 g/mol. The van der Waals surface area contributed by atoms with E-state index in [1.54, 1.807) is 0 Å². The van der Waals surface area contributed by atoms with E-state index in [1.807, 2.05) is 0 Å². The first-order chi connectivity index (χ1) is 11.0. The third-order valence-electron chi connectivity index (χ3n) is 8.47. The molecule has 0 radical (unpaired) electrons. The molecular weight excluding hydrogens is 284 g/mol. The number of hydrogen-bond acceptors (Lipinski definition) is 2. The van der Waals surface area contributed by atoms with E-state index in [-0.39, 0.29) is 6.61 Å². The van der Waals surface area contributed by atoms with Crippen molar-refractivity contribution in [3.05, 3.63) is 23.3 Å². The van der Waals surface area contributed by atoms with Crippen LogP contribution in [0.15, 0.2) is 23.3 Å². The first-order valence-corrected chi connectivity index (χ1v) is 9.64. The maximum atomic E-state index is 9.82. The van der Waals surface area contributed by atoms with E-state index in [0.717, 1.165) is 24.2 Å². The van der Waals surface area contributed by atoms with Gasteiger partial charge in [-0.05, 0) is 90.6 Å². The lowest BCUT2D eigenvalue weighted by atomic mass is 9.48. The number of fused-ring (bicyclic) bond motifs is 5. The standard InChI is InChI=1S/C21H32O2/c1-20-9-7-14(12-22)11-15(20)3-5-17-18-6-4-16(13-23)21(18,2)10-8-19(17)20/h3,11,16-19,22-23H,4-10,12-13H2,1-2H3/t16-,17?,18?,19?,20+,21-/m1/s1. The maximum Gasteiger partial charge on any atom is 0.0644 e. The summed E-state index contributed by atoms with van der Waals surface area (Å²) in [4.78, 5) is 0. The lowest BCUT2D eigenvalue weighted by Gasteiger charge is -2.57. The van der Waals surface area contributed by atoms with Gasteiger partial charge >= 0.3 is 0 Å². The number of hydrogen-bond donors (Lipinski definition) is 2. The van der Waals surface area contributed by atoms with E-state index in [2.05, 4.69) is 26.0 Å². The van der Waals surface area contributed by atoms with Crippen molar-refractivity contribution in [2.24, 2.45) is 34.5 Å². The number of aliphatic hydroxyl groups excluding tert-OH is 2. The van der Waals surface area contributed by atoms with E-state index in [4.69, 9.17) is 0 Å². The predicted octanol–water partition coefficient (Wildman–Crippen LogP) is 4.09. The van der Waals surface area contributed by atoms with E-state index >= 15 is 0 Å². The molecule has 2 heteroatoms. The molecule has 0 aromatic carbocycles. The van der Waals surface area contributed by atoms with Crippen molar-refractivity contribution in [2.45, 2.75) is 58.8 Å². The van der Waals surface area contributed by atoms with E-state index in [9.17, 15) is 10.2 Å². The minimum atomic E-state index is 0.223. The molecule has 0 bridgehead atoms. The van der Waals surface area contributed by atoms with Gasteiger partial charge in [-0.3, -0.25) is 0 Å². The molecule has 0 heterocycles. The Hall–Kier alpha value is -0.600. The Bertz CT molecular complexity index is 548. The molecule has 0 spiro atoms. The fraction of sp³-hybridized carbons (Fsp3) is 0.810. The second-order valence-electron chi connectivity index (χ2n) is 9.15. The van der Waals surface area contributed by atoms with Gasteiger partial charge in [-0.25, -0.2) is 0 Å². The molecule has 2 saturated carbocycles. The third kappa shape index (κ3) is 2.14. The highest BCUT2D eigenvalue weighted by Gasteiger charge is 2.57. The molecule has 2 fully saturated rings. The van der Waals surface area contributed by atoms with Gasteiger partial charge in [-0.2, -0.15) is 0 Å². The summed E-state index contributed by atoms with van der Waals surface area (Å²) in [5.41, 5.74) is 3.42. The van der Waals surface area contributed by atoms with Crippen LogP contribution in [0.3, 0.4) is 0 Å². The van der Waals surface area contributed by atoms with Crippen molar-refractivity contribution in [1.29, 1.82) is 0 Å². The molecule has 6 atom stereocenters. The molecule has 0 aromatic rings. The highest BCUT2D eigenvalue weighted by Crippen LogP contribution is 2.65. The summed E-state index contributed by atoms with van der Waals surface area (Å²) in [6.07, 6.45) is 13.4. The van der Waals surface area contributed by atoms with Gasteiger partial charge < -0.3 is 10.2 Å². The zero-order valence-electron chi connectivity index (χ0n) is 14.7. The molecule has 128 valence electrons. The van der Waals surface area contributed by atoms with Crippen molar-refractivity contribution in [1.82, 2.24) is 0 Å². The van der Waals surface area contributed by atoms with Crippen LogP contribution < -0.4 is 0 Å². The van der Waals surface area contributed by atoms with Crippen LogP contribution >= 0.6 is 0 Å². The summed E-state index contributed by atoms with van der Waals surface area (Å²) >= 11 is 0. The fourth-order valence-corrected chi connectivity index (χ4v) is 6.92. The normalized spacial score (nSPS) is 48.9. The van der Waals surface area contributed by atoms with Crippen LogP contribution in [0.2, 0.25) is 0 Å². The highest BCUT2D eigenvalue weighted by molar-refractivity contribution is 5.37. The highest BCUT2D eigenvalue weighted by atomic mass is 16.3. The van der Waals surface area contributed by atoms with Crippen LogP contribution in [-0.4, -0.2) is 23.4 Å². The SMILES string of the molecule is C[C@]12CCC(CO)=CC1=CCC1C2CC[C@@]2(C)C1CC[C@@H]2CO. The minimum Gasteiger partial charge on any atom is -0.396 e. The fourth-order valence-electron chi connectivity index (χ4n) is 6.92. The molecular formula is C21H32O2. The van der Waals surface area contributed by atoms with Crippen LogP contribution in [-0.2, 0) is 0 Å². The van der Waals surface area contributed by atoms with E-state index in [1.165, 1.54) is 49.7 Å². The number of aliphatic hydroxyl groups is 2. The molecule has 0 saturated heterocycles. The molecule has 4 aliphatic carbocycles. The molecule has 0 aromatic heterocycles. The summed E-state index contributed by atoms with van der Waals surface area (Å²) in [7, 11) is 0. The first-order valence-electron chi connectivity index (χ1n) is 9.64. The van der Waals surface area contributed by atoms with Crippen molar-refractivity contribution >= 4 is 0 Å². The van der Waals surface area contributed by atoms with Crippen molar-refractivity contribution in [3.8, 4) is 0 Å². The van der Waals surface area contributed by atoms with Crippen molar-refractivity contribution in [3.63, 3.8) is 0 Å². The first kappa shape index (κ1) is 15.9. The van der Waals surface area contributed by atoms with E-state index in [0.29, 0.717) is 23.4 Å². The average molecular weight is 316 g/mol. The molecule has 3 unspecified atom stereocenters. The zero-order valence-corrected chi connectivity index (χ0v) is 14.7. The lowest BCUT2D eigenvalue weighted by molar-refractivity contribution is -0.0444. The molecule has 0 aliphatic heterocycles. The summed E-state index contributed by atoms with van der Waals surface area (Å²) < 4.78 is 0. The van der Waals surface area contributed by atoms with Gasteiger partial charge in [0.05, 0.1) is 6.61 Å². The Kier molecular flexibility index (Phi) is 3.77. The average Bonchev–Trinajstić information content (AvgIpc) is 2.90. The number of allylic oxidation sites excluding steroid dienone is 3. The molecule has 0 amide bonds. The van der Waals surface area contributed by atoms with Crippen LogP contribution in [0.5, 0.6) is 0 Å². The van der Waals surface area contributed by atoms with Crippen LogP contribution in [0.1, 0.15) is 58.8 Å². The Labute approximate surface area is 140 Å². The lowest BCUT2D eigenvalue weighted by Crippen LogP contribution is -2.49. The third-order valence-corrected chi connectivity index (χ3v) is 8.47. The molecule has 2 N–H and O–H groups in total. The van der Waals surface area contributed by atoms with Gasteiger partial charge in [0, 0.05) is 6.61 Å². The Morgan fingerprint density at radius 3 is 2.65 bits per heavy atom. The summed E-state index contributed by atoms with van der Waals surface area (Å²) in [5.74, 6) is 2.94. The second kappa shape index (κ2) is 5.46. The topological polar surface area (TPSA) is 40.5 Å². The van der Waals surface area contributed by atoms with Gasteiger partial charge in [0.1, 0.15) is 0 Å². The number of rotatable bonds is 2. The molecule has 4 aliphatic rings. The second-order valence-corrected chi connectivity index (χ2v) is 9.15. The zero-order chi connectivity index (χ0) is 16.2. The maximum absolute atomic E-state index is 9.82. The van der Waals surface area contributed by atoms with Gasteiger partial charge in [-0.15, -0.1) is 0 Å². The summed E-state index contributed by atoms with van der Waals surface area (Å²) in [6, 6.07) is 0.